The Balaban J connectivity index is 1.77. The molecule has 0 unspecified atom stereocenters. The third-order valence-electron chi connectivity index (χ3n) is 3.35. The number of aromatic nitrogens is 1. The van der Waals surface area contributed by atoms with Gasteiger partial charge in [-0.2, -0.15) is 0 Å². The van der Waals surface area contributed by atoms with Gasteiger partial charge in [-0.05, 0) is 42.5 Å². The van der Waals surface area contributed by atoms with E-state index in [2.05, 4.69) is 10.3 Å². The van der Waals surface area contributed by atoms with Crippen molar-refractivity contribution in [2.75, 3.05) is 11.1 Å². The van der Waals surface area contributed by atoms with Gasteiger partial charge < -0.3 is 16.2 Å². The van der Waals surface area contributed by atoms with Crippen molar-refractivity contribution in [2.24, 2.45) is 0 Å². The van der Waals surface area contributed by atoms with Gasteiger partial charge in [-0.25, -0.2) is 0 Å². The number of hydrogen-bond acceptors (Lipinski definition) is 4. The topological polar surface area (TPSA) is 88.2 Å². The molecule has 0 aliphatic heterocycles. The molecule has 0 saturated carbocycles. The number of nitrogens with two attached hydrogens (primary N) is 1. The monoisotopic (exact) mass is 327 g/mol. The number of rotatable bonds is 3. The van der Waals surface area contributed by atoms with Crippen LogP contribution in [0.25, 0.3) is 10.9 Å². The van der Waals surface area contributed by atoms with Gasteiger partial charge in [0.2, 0.25) is 5.91 Å². The molecule has 0 fully saturated rings. The van der Waals surface area contributed by atoms with Crippen LogP contribution in [-0.2, 0) is 11.2 Å². The maximum absolute atomic E-state index is 12.1. The van der Waals surface area contributed by atoms with Gasteiger partial charge in [-0.1, -0.05) is 17.7 Å². The van der Waals surface area contributed by atoms with Gasteiger partial charge in [0.25, 0.3) is 0 Å². The van der Waals surface area contributed by atoms with E-state index in [0.717, 1.165) is 10.9 Å². The average Bonchev–Trinajstić information content (AvgIpc) is 2.51. The molecule has 0 aliphatic carbocycles. The molecule has 1 amide bonds. The highest BCUT2D eigenvalue weighted by molar-refractivity contribution is 6.31. The molecule has 0 spiro atoms. The maximum atomic E-state index is 12.1. The number of halogens is 1. The molecule has 0 radical (unpaired) electrons. The van der Waals surface area contributed by atoms with E-state index in [4.69, 9.17) is 17.3 Å². The minimum absolute atomic E-state index is 0.0373. The van der Waals surface area contributed by atoms with E-state index in [1.165, 1.54) is 12.1 Å². The molecule has 3 rings (SSSR count). The number of anilines is 2. The highest BCUT2D eigenvalue weighted by atomic mass is 35.5. The Hall–Kier alpha value is -2.79. The Kier molecular flexibility index (Phi) is 4.04. The Bertz CT molecular complexity index is 896. The molecule has 0 bridgehead atoms. The Morgan fingerprint density at radius 1 is 1.17 bits per heavy atom. The van der Waals surface area contributed by atoms with Crippen LogP contribution in [0.3, 0.4) is 0 Å². The number of pyridine rings is 1. The van der Waals surface area contributed by atoms with Crippen LogP contribution >= 0.6 is 11.6 Å². The predicted molar refractivity (Wildman–Crippen MR) is 91.6 cm³/mol. The van der Waals surface area contributed by atoms with E-state index in [9.17, 15) is 9.90 Å². The first-order valence-electron chi connectivity index (χ1n) is 6.95. The number of carbonyl (C=O) groups excluding carboxylic acids is 1. The summed E-state index contributed by atoms with van der Waals surface area (Å²) in [6.07, 6.45) is 0.0896. The lowest BCUT2D eigenvalue weighted by atomic mass is 10.1. The number of phenolic OH excluding ortho intramolecular Hbond substituents is 1. The number of nitrogen functional groups attached to an aromatic ring is 1. The quantitative estimate of drug-likeness (QED) is 0.508. The fourth-order valence-electron chi connectivity index (χ4n) is 2.25. The van der Waals surface area contributed by atoms with E-state index in [1.54, 1.807) is 18.2 Å². The molecule has 23 heavy (non-hydrogen) atoms. The molecule has 3 aromatic rings. The molecule has 116 valence electrons. The number of phenols is 1. The number of nitrogens with one attached hydrogen (secondary N) is 1. The van der Waals surface area contributed by atoms with Crippen molar-refractivity contribution in [3.8, 4) is 5.75 Å². The number of aromatic hydroxyl groups is 1. The molecular formula is C17H14ClN3O2. The third-order valence-corrected chi connectivity index (χ3v) is 3.58. The van der Waals surface area contributed by atoms with Gasteiger partial charge >= 0.3 is 0 Å². The lowest BCUT2D eigenvalue weighted by Crippen LogP contribution is -2.15. The number of amides is 1. The van der Waals surface area contributed by atoms with Crippen LogP contribution in [0, 0.1) is 0 Å². The molecule has 1 aromatic heterocycles. The summed E-state index contributed by atoms with van der Waals surface area (Å²) in [5.74, 6) is -0.324. The lowest BCUT2D eigenvalue weighted by molar-refractivity contribution is -0.115. The summed E-state index contributed by atoms with van der Waals surface area (Å²) < 4.78 is 0. The molecule has 0 aliphatic rings. The Morgan fingerprint density at radius 3 is 2.83 bits per heavy atom. The van der Waals surface area contributed by atoms with E-state index in [-0.39, 0.29) is 23.8 Å². The number of benzene rings is 2. The van der Waals surface area contributed by atoms with Gasteiger partial charge in [0, 0.05) is 16.1 Å². The van der Waals surface area contributed by atoms with Crippen LogP contribution < -0.4 is 11.1 Å². The van der Waals surface area contributed by atoms with Crippen molar-refractivity contribution in [1.29, 1.82) is 0 Å². The minimum atomic E-state index is -0.287. The second-order valence-corrected chi connectivity index (χ2v) is 5.58. The van der Waals surface area contributed by atoms with Crippen molar-refractivity contribution < 1.29 is 9.90 Å². The third kappa shape index (κ3) is 3.52. The van der Waals surface area contributed by atoms with Gasteiger partial charge in [0.05, 0.1) is 23.3 Å². The first-order chi connectivity index (χ1) is 11.0. The summed E-state index contributed by atoms with van der Waals surface area (Å²) in [5, 5.41) is 13.7. The first-order valence-corrected chi connectivity index (χ1v) is 7.32. The summed E-state index contributed by atoms with van der Waals surface area (Å²) in [7, 11) is 0. The van der Waals surface area contributed by atoms with Crippen molar-refractivity contribution in [3.05, 3.63) is 59.2 Å². The number of fused-ring (bicyclic) bond motifs is 1. The number of hydrogen-bond donors (Lipinski definition) is 3. The number of nitrogens with zero attached hydrogens (tertiary/aromatic N) is 1. The normalized spacial score (nSPS) is 10.7. The Labute approximate surface area is 137 Å². The van der Waals surface area contributed by atoms with Crippen molar-refractivity contribution in [2.45, 2.75) is 6.42 Å². The molecule has 1 heterocycles. The maximum Gasteiger partial charge on any atom is 0.230 e. The fraction of sp³-hybridized carbons (Fsp3) is 0.0588. The lowest BCUT2D eigenvalue weighted by Gasteiger charge is -2.08. The van der Waals surface area contributed by atoms with Crippen LogP contribution in [0.4, 0.5) is 11.4 Å². The second-order valence-electron chi connectivity index (χ2n) is 5.14. The van der Waals surface area contributed by atoms with E-state index >= 15 is 0 Å². The summed E-state index contributed by atoms with van der Waals surface area (Å²) in [6.45, 7) is 0. The van der Waals surface area contributed by atoms with Gasteiger partial charge in [-0.3, -0.25) is 9.78 Å². The van der Waals surface area contributed by atoms with Crippen molar-refractivity contribution >= 4 is 39.8 Å². The van der Waals surface area contributed by atoms with Crippen LogP contribution in [0.15, 0.2) is 48.5 Å². The SMILES string of the molecule is Nc1ccc2nc(CC(=O)Nc3cc(Cl)ccc3O)ccc2c1. The molecule has 4 N–H and O–H groups in total. The zero-order valence-corrected chi connectivity index (χ0v) is 12.8. The highest BCUT2D eigenvalue weighted by Crippen LogP contribution is 2.26. The van der Waals surface area contributed by atoms with Gasteiger partial charge in [0.1, 0.15) is 5.75 Å². The molecule has 2 aromatic carbocycles. The summed E-state index contributed by atoms with van der Waals surface area (Å²) in [5.41, 5.74) is 8.07. The van der Waals surface area contributed by atoms with Gasteiger partial charge in [0.15, 0.2) is 0 Å². The average molecular weight is 328 g/mol. The Morgan fingerprint density at radius 2 is 2.00 bits per heavy atom. The zero-order valence-electron chi connectivity index (χ0n) is 12.1. The van der Waals surface area contributed by atoms with Gasteiger partial charge in [-0.15, -0.1) is 0 Å². The molecule has 6 heteroatoms. The molecule has 5 nitrogen and oxygen atoms in total. The smallest absolute Gasteiger partial charge is 0.230 e. The van der Waals surface area contributed by atoms with Crippen LogP contribution in [0.5, 0.6) is 5.75 Å². The fourth-order valence-corrected chi connectivity index (χ4v) is 2.42. The van der Waals surface area contributed by atoms with Crippen molar-refractivity contribution in [3.63, 3.8) is 0 Å². The van der Waals surface area contributed by atoms with Crippen LogP contribution in [0.1, 0.15) is 5.69 Å². The standard InChI is InChI=1S/C17H14ClN3O2/c18-11-2-6-16(22)15(8-11)21-17(23)9-13-4-1-10-7-12(19)3-5-14(10)20-13/h1-8,22H,9,19H2,(H,21,23). The molecular weight excluding hydrogens is 314 g/mol. The summed E-state index contributed by atoms with van der Waals surface area (Å²) in [6, 6.07) is 13.5. The molecule has 0 atom stereocenters. The van der Waals surface area contributed by atoms with E-state index < -0.39 is 0 Å². The zero-order chi connectivity index (χ0) is 16.4. The summed E-state index contributed by atoms with van der Waals surface area (Å²) in [4.78, 5) is 16.5. The summed E-state index contributed by atoms with van der Waals surface area (Å²) >= 11 is 5.85. The van der Waals surface area contributed by atoms with Crippen LogP contribution in [-0.4, -0.2) is 16.0 Å². The minimum Gasteiger partial charge on any atom is -0.506 e. The van der Waals surface area contributed by atoms with Crippen molar-refractivity contribution in [1.82, 2.24) is 4.98 Å². The second kappa shape index (κ2) is 6.14. The largest absolute Gasteiger partial charge is 0.506 e. The number of carbonyl (C=O) groups is 1. The molecule has 0 saturated heterocycles. The first kappa shape index (κ1) is 15.1. The highest BCUT2D eigenvalue weighted by Gasteiger charge is 2.09. The van der Waals surface area contributed by atoms with Crippen LogP contribution in [0.2, 0.25) is 5.02 Å². The van der Waals surface area contributed by atoms with E-state index in [0.29, 0.717) is 16.4 Å². The van der Waals surface area contributed by atoms with E-state index in [1.807, 2.05) is 18.2 Å². The predicted octanol–water partition coefficient (Wildman–Crippen LogP) is 3.36.